The molecular weight excluding hydrogens is 643 g/mol. The lowest BCUT2D eigenvalue weighted by Crippen LogP contribution is -1.97. The van der Waals surface area contributed by atoms with Crippen molar-refractivity contribution in [2.24, 2.45) is 0 Å². The van der Waals surface area contributed by atoms with E-state index in [-0.39, 0.29) is 0 Å². The summed E-state index contributed by atoms with van der Waals surface area (Å²) in [4.78, 5) is 15.1. The van der Waals surface area contributed by atoms with Crippen LogP contribution in [0.5, 0.6) is 0 Å². The second-order valence-electron chi connectivity index (χ2n) is 13.8. The van der Waals surface area contributed by atoms with Crippen LogP contribution in [0, 0.1) is 0 Å². The first kappa shape index (κ1) is 29.7. The molecule has 0 spiro atoms. The van der Waals surface area contributed by atoms with Crippen LogP contribution in [0.4, 0.5) is 0 Å². The Bertz CT molecular complexity index is 3210. The quantitative estimate of drug-likeness (QED) is 0.175. The number of benzene rings is 7. The van der Waals surface area contributed by atoms with Crippen molar-refractivity contribution in [3.8, 4) is 33.5 Å². The predicted molar refractivity (Wildman–Crippen MR) is 223 cm³/mol. The SMILES string of the molecule is C1=CCc2c(-c3cccc(-c4nc5c6ccccc6c6ccccc6c5c5ccccc45)c3)ccc(-c3ccnc4c3ccc3cccnc34)c2C=C1. The highest BCUT2D eigenvalue weighted by Gasteiger charge is 2.20. The van der Waals surface area contributed by atoms with E-state index in [1.54, 1.807) is 0 Å². The second-order valence-corrected chi connectivity index (χ2v) is 13.8. The Hall–Kier alpha value is -6.97. The predicted octanol–water partition coefficient (Wildman–Crippen LogP) is 12.9. The minimum Gasteiger partial charge on any atom is -0.254 e. The summed E-state index contributed by atoms with van der Waals surface area (Å²) in [5.41, 5.74) is 12.3. The topological polar surface area (TPSA) is 38.7 Å². The van der Waals surface area contributed by atoms with Crippen LogP contribution < -0.4 is 0 Å². The molecule has 3 nitrogen and oxygen atoms in total. The van der Waals surface area contributed by atoms with Crippen molar-refractivity contribution in [3.63, 3.8) is 0 Å². The summed E-state index contributed by atoms with van der Waals surface area (Å²) >= 11 is 0. The molecule has 0 N–H and O–H groups in total. The van der Waals surface area contributed by atoms with Gasteiger partial charge in [-0.2, -0.15) is 0 Å². The molecule has 0 fully saturated rings. The highest BCUT2D eigenvalue weighted by Crippen LogP contribution is 2.43. The maximum atomic E-state index is 5.56. The normalized spacial score (nSPS) is 12.7. The number of pyridine rings is 3. The van der Waals surface area contributed by atoms with Crippen LogP contribution in [-0.4, -0.2) is 15.0 Å². The number of nitrogens with zero attached hydrogens (tertiary/aromatic N) is 3. The van der Waals surface area contributed by atoms with E-state index in [1.165, 1.54) is 60.1 Å². The molecule has 7 aromatic carbocycles. The lowest BCUT2D eigenvalue weighted by atomic mass is 9.86. The molecule has 0 radical (unpaired) electrons. The van der Waals surface area contributed by atoms with Gasteiger partial charge in [-0.25, -0.2) is 4.98 Å². The van der Waals surface area contributed by atoms with E-state index < -0.39 is 0 Å². The Balaban J connectivity index is 1.12. The Morgan fingerprint density at radius 2 is 1.15 bits per heavy atom. The monoisotopic (exact) mass is 673 g/mol. The summed E-state index contributed by atoms with van der Waals surface area (Å²) < 4.78 is 0. The molecule has 246 valence electrons. The molecule has 0 bridgehead atoms. The molecule has 3 heterocycles. The summed E-state index contributed by atoms with van der Waals surface area (Å²) in [5.74, 6) is 0. The van der Waals surface area contributed by atoms with Crippen LogP contribution in [0.25, 0.3) is 105 Å². The van der Waals surface area contributed by atoms with Crippen molar-refractivity contribution in [2.45, 2.75) is 6.42 Å². The van der Waals surface area contributed by atoms with Gasteiger partial charge in [0.2, 0.25) is 0 Å². The third-order valence-corrected chi connectivity index (χ3v) is 11.0. The third-order valence-electron chi connectivity index (χ3n) is 11.0. The number of aromatic nitrogens is 3. The van der Waals surface area contributed by atoms with Gasteiger partial charge in [0, 0.05) is 44.9 Å². The Labute approximate surface area is 306 Å². The summed E-state index contributed by atoms with van der Waals surface area (Å²) in [7, 11) is 0. The van der Waals surface area contributed by atoms with Crippen molar-refractivity contribution in [1.82, 2.24) is 15.0 Å². The molecule has 0 atom stereocenters. The standard InChI is InChI=1S/C50H31N3/c1-2-15-35-34(25-26-39(36(35)16-3-1)40-27-29-52-50-45(40)24-23-31-14-11-28-51-48(31)50)32-12-10-13-33(30-32)47-44-22-9-7-20-42(44)46-41-19-6-4-17-37(41)38-18-5-8-21-43(38)49(46)53-47/h1-14,16-30H,15H2. The molecule has 0 unspecified atom stereocenters. The first-order valence-electron chi connectivity index (χ1n) is 18.2. The number of hydrogen-bond acceptors (Lipinski definition) is 3. The number of fused-ring (bicyclic) bond motifs is 12. The van der Waals surface area contributed by atoms with E-state index in [0.717, 1.165) is 56.0 Å². The fourth-order valence-electron chi connectivity index (χ4n) is 8.63. The van der Waals surface area contributed by atoms with Gasteiger partial charge in [0.05, 0.1) is 22.2 Å². The van der Waals surface area contributed by atoms with E-state index in [0.29, 0.717) is 0 Å². The smallest absolute Gasteiger partial charge is 0.0970 e. The number of rotatable bonds is 3. The maximum Gasteiger partial charge on any atom is 0.0970 e. The Morgan fingerprint density at radius 1 is 0.434 bits per heavy atom. The van der Waals surface area contributed by atoms with E-state index in [1.807, 2.05) is 18.5 Å². The van der Waals surface area contributed by atoms with E-state index in [4.69, 9.17) is 15.0 Å². The van der Waals surface area contributed by atoms with Crippen LogP contribution in [0.2, 0.25) is 0 Å². The number of hydrogen-bond donors (Lipinski definition) is 0. The molecular formula is C50H31N3. The van der Waals surface area contributed by atoms with Gasteiger partial charge in [0.25, 0.3) is 0 Å². The highest BCUT2D eigenvalue weighted by molar-refractivity contribution is 6.31. The molecule has 0 saturated carbocycles. The largest absolute Gasteiger partial charge is 0.254 e. The molecule has 11 rings (SSSR count). The van der Waals surface area contributed by atoms with Crippen LogP contribution in [0.1, 0.15) is 11.1 Å². The molecule has 1 aliphatic rings. The lowest BCUT2D eigenvalue weighted by molar-refractivity contribution is 1.27. The van der Waals surface area contributed by atoms with Crippen molar-refractivity contribution in [1.29, 1.82) is 0 Å². The molecule has 3 aromatic heterocycles. The molecule has 10 aromatic rings. The van der Waals surface area contributed by atoms with Gasteiger partial charge >= 0.3 is 0 Å². The van der Waals surface area contributed by atoms with Gasteiger partial charge in [-0.15, -0.1) is 0 Å². The second kappa shape index (κ2) is 11.8. The highest BCUT2D eigenvalue weighted by atomic mass is 14.7. The Kier molecular flexibility index (Phi) is 6.62. The molecule has 0 aliphatic heterocycles. The van der Waals surface area contributed by atoms with Crippen LogP contribution in [0.15, 0.2) is 170 Å². The van der Waals surface area contributed by atoms with Crippen molar-refractivity contribution < 1.29 is 0 Å². The first-order valence-corrected chi connectivity index (χ1v) is 18.2. The summed E-state index contributed by atoms with van der Waals surface area (Å²) in [6.45, 7) is 0. The molecule has 0 amide bonds. The zero-order chi connectivity index (χ0) is 34.9. The van der Waals surface area contributed by atoms with Gasteiger partial charge in [-0.3, -0.25) is 9.97 Å². The average molecular weight is 674 g/mol. The summed E-state index contributed by atoms with van der Waals surface area (Å²) in [5, 5.41) is 10.7. The summed E-state index contributed by atoms with van der Waals surface area (Å²) in [6.07, 6.45) is 13.4. The minimum absolute atomic E-state index is 0.833. The summed E-state index contributed by atoms with van der Waals surface area (Å²) in [6, 6.07) is 50.3. The zero-order valence-electron chi connectivity index (χ0n) is 28.8. The van der Waals surface area contributed by atoms with Crippen LogP contribution in [0.3, 0.4) is 0 Å². The van der Waals surface area contributed by atoms with Crippen LogP contribution in [-0.2, 0) is 6.42 Å². The Morgan fingerprint density at radius 3 is 2.02 bits per heavy atom. The lowest BCUT2D eigenvalue weighted by Gasteiger charge is -2.18. The van der Waals surface area contributed by atoms with Gasteiger partial charge in [-0.1, -0.05) is 146 Å². The molecule has 0 saturated heterocycles. The van der Waals surface area contributed by atoms with Crippen LogP contribution >= 0.6 is 0 Å². The van der Waals surface area contributed by atoms with Crippen molar-refractivity contribution in [2.75, 3.05) is 0 Å². The van der Waals surface area contributed by atoms with E-state index in [9.17, 15) is 0 Å². The average Bonchev–Trinajstić information content (AvgIpc) is 3.49. The molecule has 3 heteroatoms. The minimum atomic E-state index is 0.833. The zero-order valence-corrected chi connectivity index (χ0v) is 28.8. The van der Waals surface area contributed by atoms with E-state index in [2.05, 4.69) is 158 Å². The van der Waals surface area contributed by atoms with Gasteiger partial charge < -0.3 is 0 Å². The van der Waals surface area contributed by atoms with Gasteiger partial charge in [0.1, 0.15) is 0 Å². The fourth-order valence-corrected chi connectivity index (χ4v) is 8.63. The molecule has 1 aliphatic carbocycles. The molecule has 53 heavy (non-hydrogen) atoms. The fraction of sp³-hybridized carbons (Fsp3) is 0.0200. The third kappa shape index (κ3) is 4.57. The number of allylic oxidation sites excluding steroid dienone is 3. The maximum absolute atomic E-state index is 5.56. The van der Waals surface area contributed by atoms with Crippen molar-refractivity contribution >= 4 is 71.1 Å². The van der Waals surface area contributed by atoms with Gasteiger partial charge in [-0.05, 0) is 79.5 Å². The van der Waals surface area contributed by atoms with Crippen molar-refractivity contribution in [3.05, 3.63) is 181 Å². The van der Waals surface area contributed by atoms with Gasteiger partial charge in [0.15, 0.2) is 0 Å². The van der Waals surface area contributed by atoms with E-state index >= 15 is 0 Å². The first-order chi connectivity index (χ1) is 26.3.